The number of rotatable bonds is 5. The molecule has 0 bridgehead atoms. The maximum atomic E-state index is 12.4. The molecule has 0 radical (unpaired) electrons. The molecule has 2 rings (SSSR count). The van der Waals surface area contributed by atoms with Gasteiger partial charge in [-0.15, -0.1) is 0 Å². The molecule has 0 fully saturated rings. The van der Waals surface area contributed by atoms with E-state index in [1.807, 2.05) is 25.3 Å². The summed E-state index contributed by atoms with van der Waals surface area (Å²) in [5.41, 5.74) is 2.52. The van der Waals surface area contributed by atoms with Gasteiger partial charge in [0, 0.05) is 17.9 Å². The fraction of sp³-hybridized carbons (Fsp3) is 0.333. The van der Waals surface area contributed by atoms with E-state index in [1.54, 1.807) is 24.3 Å². The standard InChI is InChI=1S/C18H20Cl2N2O3/c1-5-22-10(2)9-13(11(22)3)18(24)25-12(4)17(23)21-16-14(19)7-6-8-15(16)20/h6-9,12H,5H2,1-4H3,(H,21,23)/t12-/m1/s1. The van der Waals surface area contributed by atoms with Crippen LogP contribution >= 0.6 is 23.2 Å². The minimum absolute atomic E-state index is 0.294. The van der Waals surface area contributed by atoms with Crippen molar-refractivity contribution in [2.24, 2.45) is 0 Å². The summed E-state index contributed by atoms with van der Waals surface area (Å²) in [6.07, 6.45) is -0.996. The SMILES string of the molecule is CCn1c(C)cc(C(=O)O[C@H](C)C(=O)Nc2c(Cl)cccc2Cl)c1C. The largest absolute Gasteiger partial charge is 0.449 e. The molecule has 25 heavy (non-hydrogen) atoms. The van der Waals surface area contributed by atoms with Gasteiger partial charge in [-0.3, -0.25) is 4.79 Å². The Kier molecular flexibility index (Phi) is 6.14. The first-order valence-electron chi connectivity index (χ1n) is 7.88. The first-order chi connectivity index (χ1) is 11.8. The average Bonchev–Trinajstić information content (AvgIpc) is 2.84. The number of carbonyl (C=O) groups is 2. The van der Waals surface area contributed by atoms with Gasteiger partial charge in [-0.2, -0.15) is 0 Å². The summed E-state index contributed by atoms with van der Waals surface area (Å²) in [6, 6.07) is 6.66. The molecule has 7 heteroatoms. The van der Waals surface area contributed by atoms with Gasteiger partial charge >= 0.3 is 5.97 Å². The number of nitrogens with zero attached hydrogens (tertiary/aromatic N) is 1. The molecule has 0 saturated heterocycles. The number of ether oxygens (including phenoxy) is 1. The van der Waals surface area contributed by atoms with Crippen molar-refractivity contribution in [1.29, 1.82) is 0 Å². The van der Waals surface area contributed by atoms with Crippen molar-refractivity contribution in [3.8, 4) is 0 Å². The Morgan fingerprint density at radius 2 is 1.84 bits per heavy atom. The molecule has 2 aromatic rings. The second-order valence-electron chi connectivity index (χ2n) is 5.66. The van der Waals surface area contributed by atoms with Crippen LogP contribution in [0, 0.1) is 13.8 Å². The predicted molar refractivity (Wildman–Crippen MR) is 99.5 cm³/mol. The zero-order valence-electron chi connectivity index (χ0n) is 14.5. The quantitative estimate of drug-likeness (QED) is 0.767. The predicted octanol–water partition coefficient (Wildman–Crippen LogP) is 4.62. The normalized spacial score (nSPS) is 11.9. The summed E-state index contributed by atoms with van der Waals surface area (Å²) in [5, 5.41) is 3.21. The Morgan fingerprint density at radius 3 is 2.36 bits per heavy atom. The molecule has 0 aliphatic heterocycles. The van der Waals surface area contributed by atoms with Crippen LogP contribution in [0.15, 0.2) is 24.3 Å². The summed E-state index contributed by atoms with van der Waals surface area (Å²) >= 11 is 12.1. The van der Waals surface area contributed by atoms with E-state index in [4.69, 9.17) is 27.9 Å². The first-order valence-corrected chi connectivity index (χ1v) is 8.64. The lowest BCUT2D eigenvalue weighted by atomic mass is 10.2. The monoisotopic (exact) mass is 382 g/mol. The summed E-state index contributed by atoms with van der Waals surface area (Å²) < 4.78 is 7.30. The molecule has 1 aromatic carbocycles. The Labute approximate surface area is 156 Å². The number of para-hydroxylation sites is 1. The molecule has 0 saturated carbocycles. The number of benzene rings is 1. The Balaban J connectivity index is 2.10. The number of carbonyl (C=O) groups excluding carboxylic acids is 2. The molecule has 0 spiro atoms. The summed E-state index contributed by atoms with van der Waals surface area (Å²) in [7, 11) is 0. The van der Waals surface area contributed by atoms with Crippen molar-refractivity contribution in [2.45, 2.75) is 40.3 Å². The highest BCUT2D eigenvalue weighted by molar-refractivity contribution is 6.39. The molecule has 1 N–H and O–H groups in total. The third kappa shape index (κ3) is 4.17. The molecule has 0 aliphatic rings. The van der Waals surface area contributed by atoms with E-state index in [0.29, 0.717) is 21.3 Å². The van der Waals surface area contributed by atoms with E-state index in [-0.39, 0.29) is 0 Å². The Hall–Kier alpha value is -1.98. The van der Waals surface area contributed by atoms with Crippen LogP contribution < -0.4 is 5.32 Å². The van der Waals surface area contributed by atoms with E-state index in [2.05, 4.69) is 5.32 Å². The van der Waals surface area contributed by atoms with Gasteiger partial charge in [-0.25, -0.2) is 4.79 Å². The smallest absolute Gasteiger partial charge is 0.340 e. The number of esters is 1. The van der Waals surface area contributed by atoms with Crippen molar-refractivity contribution in [3.05, 3.63) is 51.3 Å². The molecule has 0 aliphatic carbocycles. The lowest BCUT2D eigenvalue weighted by molar-refractivity contribution is -0.123. The first kappa shape index (κ1) is 19.3. The highest BCUT2D eigenvalue weighted by Gasteiger charge is 2.23. The number of halogens is 2. The molecule has 134 valence electrons. The zero-order chi connectivity index (χ0) is 18.7. The van der Waals surface area contributed by atoms with E-state index < -0.39 is 18.0 Å². The molecule has 1 aromatic heterocycles. The number of amides is 1. The number of anilines is 1. The number of nitrogens with one attached hydrogen (secondary N) is 1. The summed E-state index contributed by atoms with van der Waals surface area (Å²) in [5.74, 6) is -1.05. The van der Waals surface area contributed by atoms with Gasteiger partial charge in [-0.1, -0.05) is 29.3 Å². The topological polar surface area (TPSA) is 60.3 Å². The zero-order valence-corrected chi connectivity index (χ0v) is 16.0. The van der Waals surface area contributed by atoms with Gasteiger partial charge in [0.1, 0.15) is 0 Å². The van der Waals surface area contributed by atoms with Crippen LogP contribution in [-0.4, -0.2) is 22.5 Å². The molecular formula is C18H20Cl2N2O3. The van der Waals surface area contributed by atoms with Crippen molar-refractivity contribution in [3.63, 3.8) is 0 Å². The fourth-order valence-electron chi connectivity index (χ4n) is 2.61. The Bertz CT molecular complexity index is 795. The number of aryl methyl sites for hydroxylation is 1. The van der Waals surface area contributed by atoms with Crippen LogP contribution in [0.1, 0.15) is 35.6 Å². The van der Waals surface area contributed by atoms with Gasteiger partial charge < -0.3 is 14.6 Å². The number of hydrogen-bond donors (Lipinski definition) is 1. The van der Waals surface area contributed by atoms with Crippen molar-refractivity contribution < 1.29 is 14.3 Å². The third-order valence-corrected chi connectivity index (χ3v) is 4.60. The maximum absolute atomic E-state index is 12.4. The van der Waals surface area contributed by atoms with E-state index >= 15 is 0 Å². The molecule has 1 heterocycles. The number of aromatic nitrogens is 1. The maximum Gasteiger partial charge on any atom is 0.340 e. The van der Waals surface area contributed by atoms with Crippen molar-refractivity contribution >= 4 is 40.8 Å². The molecule has 1 amide bonds. The van der Waals surface area contributed by atoms with Crippen molar-refractivity contribution in [2.75, 3.05) is 5.32 Å². The second kappa shape index (κ2) is 7.93. The summed E-state index contributed by atoms with van der Waals surface area (Å²) in [4.78, 5) is 24.7. The van der Waals surface area contributed by atoms with Crippen LogP contribution in [-0.2, 0) is 16.1 Å². The molecule has 0 unspecified atom stereocenters. The van der Waals surface area contributed by atoms with E-state index in [1.165, 1.54) is 6.92 Å². The third-order valence-electron chi connectivity index (χ3n) is 3.97. The van der Waals surface area contributed by atoms with Crippen LogP contribution in [0.2, 0.25) is 10.0 Å². The summed E-state index contributed by atoms with van der Waals surface area (Å²) in [6.45, 7) is 8.02. The van der Waals surface area contributed by atoms with Crippen molar-refractivity contribution in [1.82, 2.24) is 4.57 Å². The average molecular weight is 383 g/mol. The van der Waals surface area contributed by atoms with Crippen LogP contribution in [0.4, 0.5) is 5.69 Å². The molecular weight excluding hydrogens is 363 g/mol. The van der Waals surface area contributed by atoms with Gasteiger partial charge in [0.05, 0.1) is 21.3 Å². The highest BCUT2D eigenvalue weighted by atomic mass is 35.5. The van der Waals surface area contributed by atoms with Crippen LogP contribution in [0.25, 0.3) is 0 Å². The van der Waals surface area contributed by atoms with E-state index in [9.17, 15) is 9.59 Å². The van der Waals surface area contributed by atoms with Crippen LogP contribution in [0.5, 0.6) is 0 Å². The minimum Gasteiger partial charge on any atom is -0.449 e. The van der Waals surface area contributed by atoms with Gasteiger partial charge in [0.2, 0.25) is 0 Å². The number of hydrogen-bond acceptors (Lipinski definition) is 3. The second-order valence-corrected chi connectivity index (χ2v) is 6.48. The Morgan fingerprint density at radius 1 is 1.24 bits per heavy atom. The van der Waals surface area contributed by atoms with Gasteiger partial charge in [-0.05, 0) is 45.9 Å². The molecule has 5 nitrogen and oxygen atoms in total. The highest BCUT2D eigenvalue weighted by Crippen LogP contribution is 2.30. The molecule has 1 atom stereocenters. The minimum atomic E-state index is -0.996. The lowest BCUT2D eigenvalue weighted by Gasteiger charge is -2.15. The lowest BCUT2D eigenvalue weighted by Crippen LogP contribution is -2.30. The van der Waals surface area contributed by atoms with E-state index in [0.717, 1.165) is 17.9 Å². The van der Waals surface area contributed by atoms with Crippen LogP contribution in [0.3, 0.4) is 0 Å². The fourth-order valence-corrected chi connectivity index (χ4v) is 3.11. The van der Waals surface area contributed by atoms with Gasteiger partial charge in [0.25, 0.3) is 5.91 Å². The van der Waals surface area contributed by atoms with Gasteiger partial charge in [0.15, 0.2) is 6.10 Å².